The molecule has 1 saturated heterocycles. The minimum atomic E-state index is -4.09. The number of aryl methyl sites for hydroxylation is 1. The summed E-state index contributed by atoms with van der Waals surface area (Å²) >= 11 is 6.31. The van der Waals surface area contributed by atoms with Crippen molar-refractivity contribution in [1.29, 1.82) is 0 Å². The number of nitrogens with zero attached hydrogens (tertiary/aromatic N) is 3. The monoisotopic (exact) mass is 547 g/mol. The SMILES string of the molecule is Cc1ccc(S(=O)(=O)N2CCN(C(=O)CN(c3ccccc3Cl)S(=O)(=O)c3ccccc3)CC2)cc1. The van der Waals surface area contributed by atoms with Crippen molar-refractivity contribution < 1.29 is 21.6 Å². The van der Waals surface area contributed by atoms with Crippen molar-refractivity contribution in [3.05, 3.63) is 89.4 Å². The van der Waals surface area contributed by atoms with Crippen molar-refractivity contribution >= 4 is 43.2 Å². The first-order valence-electron chi connectivity index (χ1n) is 11.3. The van der Waals surface area contributed by atoms with Gasteiger partial charge in [0, 0.05) is 26.2 Å². The Kier molecular flexibility index (Phi) is 7.70. The lowest BCUT2D eigenvalue weighted by Crippen LogP contribution is -2.53. The molecule has 1 heterocycles. The third kappa shape index (κ3) is 5.41. The lowest BCUT2D eigenvalue weighted by Gasteiger charge is -2.35. The van der Waals surface area contributed by atoms with Crippen LogP contribution in [0, 0.1) is 6.92 Å². The maximum absolute atomic E-state index is 13.5. The van der Waals surface area contributed by atoms with Crippen LogP contribution in [0.4, 0.5) is 5.69 Å². The molecular weight excluding hydrogens is 522 g/mol. The van der Waals surface area contributed by atoms with Crippen LogP contribution in [0.25, 0.3) is 0 Å². The van der Waals surface area contributed by atoms with E-state index in [0.717, 1.165) is 9.87 Å². The number of carbonyl (C=O) groups is 1. The number of anilines is 1. The summed E-state index contributed by atoms with van der Waals surface area (Å²) in [7, 11) is -7.78. The molecule has 1 fully saturated rings. The van der Waals surface area contributed by atoms with Gasteiger partial charge in [0.25, 0.3) is 10.0 Å². The van der Waals surface area contributed by atoms with Crippen LogP contribution in [0.15, 0.2) is 88.7 Å². The van der Waals surface area contributed by atoms with Crippen LogP contribution in [-0.4, -0.2) is 64.7 Å². The Morgan fingerprint density at radius 2 is 1.39 bits per heavy atom. The number of rotatable bonds is 7. The summed E-state index contributed by atoms with van der Waals surface area (Å²) in [4.78, 5) is 15.0. The zero-order valence-electron chi connectivity index (χ0n) is 19.6. The predicted octanol–water partition coefficient (Wildman–Crippen LogP) is 3.38. The number of piperazine rings is 1. The molecule has 0 aromatic heterocycles. The molecule has 11 heteroatoms. The smallest absolute Gasteiger partial charge is 0.264 e. The van der Waals surface area contributed by atoms with Crippen LogP contribution in [0.1, 0.15) is 5.56 Å². The van der Waals surface area contributed by atoms with Gasteiger partial charge >= 0.3 is 0 Å². The molecule has 36 heavy (non-hydrogen) atoms. The van der Waals surface area contributed by atoms with Crippen molar-refractivity contribution in [3.8, 4) is 0 Å². The van der Waals surface area contributed by atoms with Gasteiger partial charge in [0.2, 0.25) is 15.9 Å². The third-order valence-electron chi connectivity index (χ3n) is 5.98. The first-order valence-corrected chi connectivity index (χ1v) is 14.5. The highest BCUT2D eigenvalue weighted by Crippen LogP contribution is 2.30. The van der Waals surface area contributed by atoms with E-state index in [9.17, 15) is 21.6 Å². The normalized spacial score (nSPS) is 15.0. The summed E-state index contributed by atoms with van der Waals surface area (Å²) < 4.78 is 55.3. The summed E-state index contributed by atoms with van der Waals surface area (Å²) in [6.07, 6.45) is 0. The van der Waals surface area contributed by atoms with Crippen LogP contribution in [0.2, 0.25) is 5.02 Å². The van der Waals surface area contributed by atoms with Crippen molar-refractivity contribution in [2.45, 2.75) is 16.7 Å². The molecule has 3 aromatic rings. The Morgan fingerprint density at radius 3 is 2.00 bits per heavy atom. The van der Waals surface area contributed by atoms with E-state index in [2.05, 4.69) is 0 Å². The Balaban J connectivity index is 1.52. The molecule has 190 valence electrons. The van der Waals surface area contributed by atoms with Crippen molar-refractivity contribution in [1.82, 2.24) is 9.21 Å². The van der Waals surface area contributed by atoms with Crippen molar-refractivity contribution in [2.75, 3.05) is 37.0 Å². The molecule has 1 aliphatic heterocycles. The fourth-order valence-corrected chi connectivity index (χ4v) is 7.10. The lowest BCUT2D eigenvalue weighted by molar-refractivity contribution is -0.130. The van der Waals surface area contributed by atoms with E-state index in [1.165, 1.54) is 21.3 Å². The Labute approximate surface area is 216 Å². The van der Waals surface area contributed by atoms with Crippen molar-refractivity contribution in [2.24, 2.45) is 0 Å². The fraction of sp³-hybridized carbons (Fsp3) is 0.240. The van der Waals surface area contributed by atoms with E-state index in [-0.39, 0.29) is 46.7 Å². The number of hydrogen-bond acceptors (Lipinski definition) is 5. The maximum Gasteiger partial charge on any atom is 0.264 e. The predicted molar refractivity (Wildman–Crippen MR) is 139 cm³/mol. The number of para-hydroxylation sites is 1. The lowest BCUT2D eigenvalue weighted by atomic mass is 10.2. The Morgan fingerprint density at radius 1 is 0.806 bits per heavy atom. The Bertz CT molecular complexity index is 1440. The quantitative estimate of drug-likeness (QED) is 0.452. The van der Waals surface area contributed by atoms with Crippen molar-refractivity contribution in [3.63, 3.8) is 0 Å². The summed E-state index contributed by atoms with van der Waals surface area (Å²) in [5, 5.41) is 0.193. The van der Waals surface area contributed by atoms with Gasteiger partial charge in [0.05, 0.1) is 20.5 Å². The molecule has 4 rings (SSSR count). The van der Waals surface area contributed by atoms with Crippen LogP contribution in [0.5, 0.6) is 0 Å². The molecule has 0 bridgehead atoms. The van der Waals surface area contributed by atoms with Crippen LogP contribution in [0.3, 0.4) is 0 Å². The molecule has 0 spiro atoms. The zero-order chi connectivity index (χ0) is 25.9. The number of hydrogen-bond donors (Lipinski definition) is 0. The van der Waals surface area contributed by atoms with Gasteiger partial charge in [-0.1, -0.05) is 59.6 Å². The van der Waals surface area contributed by atoms with Gasteiger partial charge in [-0.25, -0.2) is 16.8 Å². The minimum absolute atomic E-state index is 0.0340. The molecule has 1 aliphatic rings. The number of sulfonamides is 2. The van der Waals surface area contributed by atoms with Crippen LogP contribution < -0.4 is 4.31 Å². The maximum atomic E-state index is 13.5. The summed E-state index contributed by atoms with van der Waals surface area (Å²) in [6.45, 7) is 1.92. The molecule has 3 aromatic carbocycles. The second kappa shape index (κ2) is 10.6. The average molecular weight is 548 g/mol. The molecule has 0 N–H and O–H groups in total. The Hall–Kier alpha value is -2.92. The molecule has 0 radical (unpaired) electrons. The topological polar surface area (TPSA) is 95.1 Å². The number of amides is 1. The second-order valence-electron chi connectivity index (χ2n) is 8.37. The molecule has 0 aliphatic carbocycles. The molecule has 0 unspecified atom stereocenters. The van der Waals surface area contributed by atoms with Gasteiger partial charge in [-0.3, -0.25) is 9.10 Å². The third-order valence-corrected chi connectivity index (χ3v) is 9.99. The van der Waals surface area contributed by atoms with Crippen LogP contribution in [-0.2, 0) is 24.8 Å². The number of carbonyl (C=O) groups excluding carboxylic acids is 1. The van der Waals surface area contributed by atoms with Gasteiger partial charge in [0.1, 0.15) is 6.54 Å². The van der Waals surface area contributed by atoms with Gasteiger partial charge in [-0.15, -0.1) is 0 Å². The van der Waals surface area contributed by atoms with E-state index in [4.69, 9.17) is 11.6 Å². The van der Waals surface area contributed by atoms with E-state index < -0.39 is 32.5 Å². The number of benzene rings is 3. The standard InChI is InChI=1S/C25H26ClN3O5S2/c1-20-11-13-22(14-12-20)35(31,32)28-17-15-27(16-18-28)25(30)19-29(24-10-6-5-9-23(24)26)36(33,34)21-7-3-2-4-8-21/h2-14H,15-19H2,1H3. The molecule has 0 atom stereocenters. The summed E-state index contributed by atoms with van der Waals surface area (Å²) in [5.41, 5.74) is 1.15. The van der Waals surface area contributed by atoms with Gasteiger partial charge in [-0.2, -0.15) is 4.31 Å². The van der Waals surface area contributed by atoms with Crippen LogP contribution >= 0.6 is 11.6 Å². The second-order valence-corrected chi connectivity index (χ2v) is 12.6. The zero-order valence-corrected chi connectivity index (χ0v) is 22.0. The molecule has 8 nitrogen and oxygen atoms in total. The molecule has 0 saturated carbocycles. The highest BCUT2D eigenvalue weighted by molar-refractivity contribution is 7.93. The molecular formula is C25H26ClN3O5S2. The van der Waals surface area contributed by atoms with E-state index in [1.54, 1.807) is 66.7 Å². The fourth-order valence-electron chi connectivity index (χ4n) is 3.93. The molecule has 1 amide bonds. The van der Waals surface area contributed by atoms with E-state index in [1.807, 2.05) is 6.92 Å². The highest BCUT2D eigenvalue weighted by Gasteiger charge is 2.33. The largest absolute Gasteiger partial charge is 0.338 e. The van der Waals surface area contributed by atoms with Gasteiger partial charge in [0.15, 0.2) is 0 Å². The first-order chi connectivity index (χ1) is 17.1. The van der Waals surface area contributed by atoms with Gasteiger partial charge in [-0.05, 0) is 43.3 Å². The minimum Gasteiger partial charge on any atom is -0.338 e. The number of halogens is 1. The van der Waals surface area contributed by atoms with Gasteiger partial charge < -0.3 is 4.90 Å². The van der Waals surface area contributed by atoms with E-state index in [0.29, 0.717) is 0 Å². The van der Waals surface area contributed by atoms with E-state index >= 15 is 0 Å². The summed E-state index contributed by atoms with van der Waals surface area (Å²) in [5.74, 6) is -0.443. The first kappa shape index (κ1) is 26.2. The highest BCUT2D eigenvalue weighted by atomic mass is 35.5. The summed E-state index contributed by atoms with van der Waals surface area (Å²) in [6, 6.07) is 20.9. The average Bonchev–Trinajstić information content (AvgIpc) is 2.88.